The van der Waals surface area contributed by atoms with Gasteiger partial charge in [0.25, 0.3) is 0 Å². The standard InChI is InChI=1S/C17H19BrN2O3/c1-23-16-9-5-2-6-13(16)12-20(10-11-21)17(22)19-15-8-4-3-7-14(15)18/h2-9,21H,10-12H2,1H3,(H,19,22). The first-order valence-electron chi connectivity index (χ1n) is 7.19. The van der Waals surface area contributed by atoms with E-state index in [0.717, 1.165) is 10.0 Å². The number of aliphatic hydroxyl groups excluding tert-OH is 1. The molecule has 0 saturated carbocycles. The molecule has 6 heteroatoms. The first kappa shape index (κ1) is 17.3. The number of halogens is 1. The monoisotopic (exact) mass is 378 g/mol. The Hall–Kier alpha value is -2.05. The van der Waals surface area contributed by atoms with Crippen molar-refractivity contribution in [3.63, 3.8) is 0 Å². The fourth-order valence-corrected chi connectivity index (χ4v) is 2.55. The van der Waals surface area contributed by atoms with Gasteiger partial charge >= 0.3 is 6.03 Å². The summed E-state index contributed by atoms with van der Waals surface area (Å²) in [5.74, 6) is 0.712. The second-order valence-electron chi connectivity index (χ2n) is 4.87. The summed E-state index contributed by atoms with van der Waals surface area (Å²) in [6.45, 7) is 0.466. The van der Waals surface area contributed by atoms with Crippen molar-refractivity contribution in [3.05, 3.63) is 58.6 Å². The molecule has 0 aliphatic carbocycles. The first-order chi connectivity index (χ1) is 11.2. The van der Waals surface area contributed by atoms with Crippen molar-refractivity contribution in [2.75, 3.05) is 25.6 Å². The Morgan fingerprint density at radius 1 is 1.22 bits per heavy atom. The second kappa shape index (κ2) is 8.55. The van der Waals surface area contributed by atoms with E-state index in [9.17, 15) is 9.90 Å². The number of ether oxygens (including phenoxy) is 1. The highest BCUT2D eigenvalue weighted by Gasteiger charge is 2.16. The molecule has 0 bridgehead atoms. The highest BCUT2D eigenvalue weighted by atomic mass is 79.9. The molecular weight excluding hydrogens is 360 g/mol. The van der Waals surface area contributed by atoms with E-state index in [1.165, 1.54) is 4.90 Å². The van der Waals surface area contributed by atoms with E-state index in [4.69, 9.17) is 4.74 Å². The van der Waals surface area contributed by atoms with Gasteiger partial charge in [0.1, 0.15) is 5.75 Å². The minimum Gasteiger partial charge on any atom is -0.496 e. The van der Waals surface area contributed by atoms with Crippen LogP contribution in [0, 0.1) is 0 Å². The molecule has 2 amide bonds. The lowest BCUT2D eigenvalue weighted by atomic mass is 10.2. The molecule has 0 aliphatic heterocycles. The number of benzene rings is 2. The van der Waals surface area contributed by atoms with Crippen LogP contribution in [-0.4, -0.2) is 36.3 Å². The van der Waals surface area contributed by atoms with Crippen LogP contribution in [0.4, 0.5) is 10.5 Å². The number of aliphatic hydroxyl groups is 1. The SMILES string of the molecule is COc1ccccc1CN(CCO)C(=O)Nc1ccccc1Br. The second-order valence-corrected chi connectivity index (χ2v) is 5.72. The number of carbonyl (C=O) groups excluding carboxylic acids is 1. The summed E-state index contributed by atoms with van der Waals surface area (Å²) in [6.07, 6.45) is 0. The molecule has 5 nitrogen and oxygen atoms in total. The molecule has 0 radical (unpaired) electrons. The number of urea groups is 1. The maximum atomic E-state index is 12.5. The van der Waals surface area contributed by atoms with Gasteiger partial charge in [0, 0.05) is 16.6 Å². The van der Waals surface area contributed by atoms with Crippen molar-refractivity contribution in [1.29, 1.82) is 0 Å². The normalized spacial score (nSPS) is 10.2. The molecule has 0 aromatic heterocycles. The van der Waals surface area contributed by atoms with Crippen LogP contribution < -0.4 is 10.1 Å². The molecule has 23 heavy (non-hydrogen) atoms. The van der Waals surface area contributed by atoms with Crippen LogP contribution in [0.1, 0.15) is 5.56 Å². The maximum absolute atomic E-state index is 12.5. The van der Waals surface area contributed by atoms with E-state index in [-0.39, 0.29) is 19.2 Å². The van der Waals surface area contributed by atoms with E-state index >= 15 is 0 Å². The molecule has 0 spiro atoms. The van der Waals surface area contributed by atoms with Gasteiger partial charge in [-0.25, -0.2) is 4.79 Å². The summed E-state index contributed by atoms with van der Waals surface area (Å²) in [6, 6.07) is 14.6. The quantitative estimate of drug-likeness (QED) is 0.808. The third-order valence-electron chi connectivity index (χ3n) is 3.33. The number of rotatable bonds is 6. The van der Waals surface area contributed by atoms with Crippen molar-refractivity contribution in [2.45, 2.75) is 6.54 Å². The number of amides is 2. The van der Waals surface area contributed by atoms with E-state index < -0.39 is 0 Å². The van der Waals surface area contributed by atoms with Gasteiger partial charge < -0.3 is 20.1 Å². The van der Waals surface area contributed by atoms with Crippen LogP contribution in [0.2, 0.25) is 0 Å². The summed E-state index contributed by atoms with van der Waals surface area (Å²) in [7, 11) is 1.59. The zero-order valence-corrected chi connectivity index (χ0v) is 14.4. The topological polar surface area (TPSA) is 61.8 Å². The molecular formula is C17H19BrN2O3. The summed E-state index contributed by atoms with van der Waals surface area (Å²) >= 11 is 3.40. The Morgan fingerprint density at radius 3 is 2.61 bits per heavy atom. The van der Waals surface area contributed by atoms with Crippen molar-refractivity contribution < 1.29 is 14.6 Å². The Balaban J connectivity index is 2.14. The van der Waals surface area contributed by atoms with Crippen molar-refractivity contribution in [3.8, 4) is 5.75 Å². The van der Waals surface area contributed by atoms with E-state index in [1.807, 2.05) is 48.5 Å². The third kappa shape index (κ3) is 4.71. The Morgan fingerprint density at radius 2 is 1.91 bits per heavy atom. The van der Waals surface area contributed by atoms with Gasteiger partial charge in [0.05, 0.1) is 25.9 Å². The maximum Gasteiger partial charge on any atom is 0.322 e. The van der Waals surface area contributed by atoms with Crippen LogP contribution in [0.25, 0.3) is 0 Å². The predicted molar refractivity (Wildman–Crippen MR) is 93.7 cm³/mol. The molecule has 2 aromatic rings. The molecule has 0 unspecified atom stereocenters. The largest absolute Gasteiger partial charge is 0.496 e. The van der Waals surface area contributed by atoms with E-state index in [2.05, 4.69) is 21.2 Å². The number of para-hydroxylation sites is 2. The lowest BCUT2D eigenvalue weighted by Crippen LogP contribution is -2.36. The highest BCUT2D eigenvalue weighted by Crippen LogP contribution is 2.23. The Kier molecular flexibility index (Phi) is 6.43. The average Bonchev–Trinajstić information content (AvgIpc) is 2.57. The van der Waals surface area contributed by atoms with Gasteiger partial charge in [-0.15, -0.1) is 0 Å². The number of methoxy groups -OCH3 is 1. The Labute approximate surface area is 144 Å². The zero-order chi connectivity index (χ0) is 16.7. The fourth-order valence-electron chi connectivity index (χ4n) is 2.17. The van der Waals surface area contributed by atoms with Gasteiger partial charge in [-0.2, -0.15) is 0 Å². The van der Waals surface area contributed by atoms with E-state index in [0.29, 0.717) is 18.0 Å². The lowest BCUT2D eigenvalue weighted by Gasteiger charge is -2.23. The van der Waals surface area contributed by atoms with Crippen LogP contribution in [0.3, 0.4) is 0 Å². The zero-order valence-electron chi connectivity index (χ0n) is 12.8. The number of nitrogens with zero attached hydrogens (tertiary/aromatic N) is 1. The molecule has 2 N–H and O–H groups in total. The summed E-state index contributed by atoms with van der Waals surface area (Å²) in [5.41, 5.74) is 1.56. The molecule has 0 heterocycles. The summed E-state index contributed by atoms with van der Waals surface area (Å²) < 4.78 is 6.11. The van der Waals surface area contributed by atoms with Crippen LogP contribution in [-0.2, 0) is 6.54 Å². The first-order valence-corrected chi connectivity index (χ1v) is 7.98. The van der Waals surface area contributed by atoms with Crippen LogP contribution >= 0.6 is 15.9 Å². The molecule has 0 saturated heterocycles. The van der Waals surface area contributed by atoms with Gasteiger partial charge in [0.15, 0.2) is 0 Å². The van der Waals surface area contributed by atoms with Crippen molar-refractivity contribution in [1.82, 2.24) is 4.90 Å². The molecule has 0 fully saturated rings. The molecule has 0 atom stereocenters. The smallest absolute Gasteiger partial charge is 0.322 e. The predicted octanol–water partition coefficient (Wildman–Crippen LogP) is 3.48. The lowest BCUT2D eigenvalue weighted by molar-refractivity contribution is 0.184. The van der Waals surface area contributed by atoms with Gasteiger partial charge in [-0.1, -0.05) is 30.3 Å². The van der Waals surface area contributed by atoms with Gasteiger partial charge in [-0.05, 0) is 34.1 Å². The minimum absolute atomic E-state index is 0.113. The Bertz CT molecular complexity index is 664. The van der Waals surface area contributed by atoms with Gasteiger partial charge in [0.2, 0.25) is 0 Å². The number of anilines is 1. The van der Waals surface area contributed by atoms with Crippen LogP contribution in [0.5, 0.6) is 5.75 Å². The molecule has 122 valence electrons. The average molecular weight is 379 g/mol. The molecule has 2 aromatic carbocycles. The van der Waals surface area contributed by atoms with E-state index in [1.54, 1.807) is 7.11 Å². The number of hydrogen-bond donors (Lipinski definition) is 2. The fraction of sp³-hybridized carbons (Fsp3) is 0.235. The van der Waals surface area contributed by atoms with Crippen molar-refractivity contribution in [2.24, 2.45) is 0 Å². The third-order valence-corrected chi connectivity index (χ3v) is 4.02. The number of hydrogen-bond acceptors (Lipinski definition) is 3. The van der Waals surface area contributed by atoms with Crippen molar-refractivity contribution >= 4 is 27.6 Å². The number of nitrogens with one attached hydrogen (secondary N) is 1. The minimum atomic E-state index is -0.281. The molecule has 0 aliphatic rings. The summed E-state index contributed by atoms with van der Waals surface area (Å²) in [4.78, 5) is 14.0. The highest BCUT2D eigenvalue weighted by molar-refractivity contribution is 9.10. The molecule has 2 rings (SSSR count). The number of carbonyl (C=O) groups is 1. The van der Waals surface area contributed by atoms with Crippen LogP contribution in [0.15, 0.2) is 53.0 Å². The van der Waals surface area contributed by atoms with Gasteiger partial charge in [-0.3, -0.25) is 0 Å². The summed E-state index contributed by atoms with van der Waals surface area (Å²) in [5, 5.41) is 12.1.